The fraction of sp³-hybridized carbons (Fsp3) is 0.350. The van der Waals surface area contributed by atoms with Crippen LogP contribution in [0.25, 0.3) is 11.4 Å². The zero-order chi connectivity index (χ0) is 21.3. The van der Waals surface area contributed by atoms with Crippen molar-refractivity contribution in [2.75, 3.05) is 31.1 Å². The number of piperazine rings is 1. The zero-order valence-electron chi connectivity index (χ0n) is 16.1. The molecule has 0 amide bonds. The molecule has 6 nitrogen and oxygen atoms in total. The smallest absolute Gasteiger partial charge is 0.354 e. The molecule has 0 saturated carbocycles. The molecular formula is C20H19ClF3N5O. The van der Waals surface area contributed by atoms with Gasteiger partial charge in [-0.15, -0.1) is 0 Å². The SMILES string of the molecule is CC(c1nc(-c2cccc(C(F)(F)F)c2)no1)N1CCN(c2ccc(Cl)cn2)CC1. The number of hydrogen-bond acceptors (Lipinski definition) is 6. The summed E-state index contributed by atoms with van der Waals surface area (Å²) in [5, 5.41) is 4.48. The topological polar surface area (TPSA) is 58.3 Å². The van der Waals surface area contributed by atoms with Crippen molar-refractivity contribution in [2.24, 2.45) is 0 Å². The number of aromatic nitrogens is 3. The Morgan fingerprint density at radius 3 is 2.53 bits per heavy atom. The second-order valence-corrected chi connectivity index (χ2v) is 7.50. The van der Waals surface area contributed by atoms with Gasteiger partial charge in [0.05, 0.1) is 16.6 Å². The van der Waals surface area contributed by atoms with Crippen molar-refractivity contribution in [1.82, 2.24) is 20.0 Å². The van der Waals surface area contributed by atoms with Crippen LogP contribution < -0.4 is 4.90 Å². The summed E-state index contributed by atoms with van der Waals surface area (Å²) in [6.07, 6.45) is -2.80. The summed E-state index contributed by atoms with van der Waals surface area (Å²) in [5.41, 5.74) is -0.475. The van der Waals surface area contributed by atoms with E-state index in [0.717, 1.165) is 44.1 Å². The van der Waals surface area contributed by atoms with Gasteiger partial charge < -0.3 is 9.42 Å². The van der Waals surface area contributed by atoms with Crippen molar-refractivity contribution in [3.8, 4) is 11.4 Å². The molecule has 1 fully saturated rings. The molecule has 1 aromatic carbocycles. The van der Waals surface area contributed by atoms with E-state index in [0.29, 0.717) is 10.9 Å². The highest BCUT2D eigenvalue weighted by atomic mass is 35.5. The molecule has 0 aliphatic carbocycles. The minimum atomic E-state index is -4.42. The zero-order valence-corrected chi connectivity index (χ0v) is 16.9. The molecule has 1 aliphatic heterocycles. The first kappa shape index (κ1) is 20.6. The second kappa shape index (κ2) is 8.23. The minimum Gasteiger partial charge on any atom is -0.354 e. The summed E-state index contributed by atoms with van der Waals surface area (Å²) >= 11 is 5.89. The molecule has 1 atom stereocenters. The third-order valence-electron chi connectivity index (χ3n) is 5.14. The van der Waals surface area contributed by atoms with Crippen LogP contribution in [0, 0.1) is 0 Å². The van der Waals surface area contributed by atoms with Gasteiger partial charge in [-0.2, -0.15) is 18.2 Å². The monoisotopic (exact) mass is 437 g/mol. The van der Waals surface area contributed by atoms with Crippen molar-refractivity contribution < 1.29 is 17.7 Å². The first-order chi connectivity index (χ1) is 14.3. The van der Waals surface area contributed by atoms with Crippen LogP contribution in [-0.2, 0) is 6.18 Å². The van der Waals surface area contributed by atoms with Crippen molar-refractivity contribution in [2.45, 2.75) is 19.1 Å². The maximum Gasteiger partial charge on any atom is 0.416 e. The molecular weight excluding hydrogens is 419 g/mol. The first-order valence-corrected chi connectivity index (χ1v) is 9.81. The molecule has 1 aliphatic rings. The van der Waals surface area contributed by atoms with E-state index in [9.17, 15) is 13.2 Å². The Hall–Kier alpha value is -2.65. The van der Waals surface area contributed by atoms with Gasteiger partial charge in [-0.1, -0.05) is 28.9 Å². The van der Waals surface area contributed by atoms with Gasteiger partial charge in [0.1, 0.15) is 5.82 Å². The van der Waals surface area contributed by atoms with Gasteiger partial charge >= 0.3 is 6.18 Å². The molecule has 3 aromatic rings. The van der Waals surface area contributed by atoms with E-state index in [1.54, 1.807) is 6.20 Å². The third kappa shape index (κ3) is 4.41. The predicted molar refractivity (Wildman–Crippen MR) is 106 cm³/mol. The lowest BCUT2D eigenvalue weighted by atomic mass is 10.1. The van der Waals surface area contributed by atoms with E-state index in [2.05, 4.69) is 24.9 Å². The van der Waals surface area contributed by atoms with Gasteiger partial charge in [0.25, 0.3) is 0 Å². The average Bonchev–Trinajstić information content (AvgIpc) is 3.24. The maximum atomic E-state index is 12.9. The normalized spacial score (nSPS) is 16.6. The fourth-order valence-electron chi connectivity index (χ4n) is 3.41. The van der Waals surface area contributed by atoms with Crippen LogP contribution in [0.2, 0.25) is 5.02 Å². The minimum absolute atomic E-state index is 0.145. The summed E-state index contributed by atoms with van der Waals surface area (Å²) in [5.74, 6) is 1.39. The number of benzene rings is 1. The number of alkyl halides is 3. The Morgan fingerprint density at radius 1 is 1.10 bits per heavy atom. The lowest BCUT2D eigenvalue weighted by Crippen LogP contribution is -2.47. The molecule has 158 valence electrons. The third-order valence-corrected chi connectivity index (χ3v) is 5.37. The molecule has 3 heterocycles. The Bertz CT molecular complexity index is 1000. The second-order valence-electron chi connectivity index (χ2n) is 7.07. The van der Waals surface area contributed by atoms with Crippen molar-refractivity contribution in [1.29, 1.82) is 0 Å². The largest absolute Gasteiger partial charge is 0.416 e. The standard InChI is InChI=1S/C20H19ClF3N5O/c1-13(28-7-9-29(10-8-28)17-6-5-16(21)12-25-17)19-26-18(27-30-19)14-3-2-4-15(11-14)20(22,23)24/h2-6,11-13H,7-10H2,1H3. The number of nitrogens with zero attached hydrogens (tertiary/aromatic N) is 5. The number of anilines is 1. The lowest BCUT2D eigenvalue weighted by molar-refractivity contribution is -0.137. The Balaban J connectivity index is 1.42. The molecule has 1 unspecified atom stereocenters. The molecule has 4 rings (SSSR count). The highest BCUT2D eigenvalue weighted by molar-refractivity contribution is 6.30. The number of hydrogen-bond donors (Lipinski definition) is 0. The van der Waals surface area contributed by atoms with E-state index < -0.39 is 11.7 Å². The summed E-state index contributed by atoms with van der Waals surface area (Å²) in [6, 6.07) is 8.46. The van der Waals surface area contributed by atoms with Gasteiger partial charge in [-0.05, 0) is 31.2 Å². The van der Waals surface area contributed by atoms with E-state index in [1.165, 1.54) is 12.1 Å². The quantitative estimate of drug-likeness (QED) is 0.590. The molecule has 0 radical (unpaired) electrons. The van der Waals surface area contributed by atoms with Gasteiger partial charge in [0.15, 0.2) is 0 Å². The average molecular weight is 438 g/mol. The van der Waals surface area contributed by atoms with Gasteiger partial charge in [0, 0.05) is 37.9 Å². The highest BCUT2D eigenvalue weighted by Gasteiger charge is 2.31. The number of rotatable bonds is 4. The van der Waals surface area contributed by atoms with Crippen LogP contribution in [-0.4, -0.2) is 46.2 Å². The van der Waals surface area contributed by atoms with E-state index >= 15 is 0 Å². The van der Waals surface area contributed by atoms with E-state index in [-0.39, 0.29) is 17.4 Å². The maximum absolute atomic E-state index is 12.9. The fourth-order valence-corrected chi connectivity index (χ4v) is 3.52. The number of halogens is 4. The lowest BCUT2D eigenvalue weighted by Gasteiger charge is -2.37. The molecule has 0 N–H and O–H groups in total. The Labute approximate surface area is 176 Å². The van der Waals surface area contributed by atoms with Crippen molar-refractivity contribution >= 4 is 17.4 Å². The Morgan fingerprint density at radius 2 is 1.87 bits per heavy atom. The van der Waals surface area contributed by atoms with Crippen LogP contribution >= 0.6 is 11.6 Å². The van der Waals surface area contributed by atoms with Crippen LogP contribution in [0.5, 0.6) is 0 Å². The molecule has 0 spiro atoms. The van der Waals surface area contributed by atoms with Gasteiger partial charge in [-0.3, -0.25) is 4.90 Å². The molecule has 10 heteroatoms. The van der Waals surface area contributed by atoms with Gasteiger partial charge in [-0.25, -0.2) is 4.98 Å². The molecule has 1 saturated heterocycles. The summed E-state index contributed by atoms with van der Waals surface area (Å²) < 4.78 is 44.2. The van der Waals surface area contributed by atoms with Crippen LogP contribution in [0.3, 0.4) is 0 Å². The first-order valence-electron chi connectivity index (χ1n) is 9.43. The molecule has 30 heavy (non-hydrogen) atoms. The van der Waals surface area contributed by atoms with Crippen molar-refractivity contribution in [3.63, 3.8) is 0 Å². The summed E-state index contributed by atoms with van der Waals surface area (Å²) in [7, 11) is 0. The van der Waals surface area contributed by atoms with E-state index in [1.807, 2.05) is 19.1 Å². The Kier molecular flexibility index (Phi) is 5.66. The van der Waals surface area contributed by atoms with Crippen LogP contribution in [0.4, 0.5) is 19.0 Å². The highest BCUT2D eigenvalue weighted by Crippen LogP contribution is 2.32. The number of pyridine rings is 1. The predicted octanol–water partition coefficient (Wildman–Crippen LogP) is 4.69. The summed E-state index contributed by atoms with van der Waals surface area (Å²) in [6.45, 7) is 5.00. The van der Waals surface area contributed by atoms with Crippen LogP contribution in [0.15, 0.2) is 47.1 Å². The molecule has 2 aromatic heterocycles. The summed E-state index contributed by atoms with van der Waals surface area (Å²) in [4.78, 5) is 13.0. The van der Waals surface area contributed by atoms with Crippen molar-refractivity contribution in [3.05, 3.63) is 59.1 Å². The van der Waals surface area contributed by atoms with Gasteiger partial charge in [0.2, 0.25) is 11.7 Å². The molecule has 0 bridgehead atoms. The van der Waals surface area contributed by atoms with Crippen LogP contribution in [0.1, 0.15) is 24.4 Å². The van der Waals surface area contributed by atoms with E-state index in [4.69, 9.17) is 16.1 Å².